The van der Waals surface area contributed by atoms with Gasteiger partial charge in [-0.05, 0) is 25.7 Å². The van der Waals surface area contributed by atoms with Crippen molar-refractivity contribution in [2.24, 2.45) is 11.3 Å². The van der Waals surface area contributed by atoms with E-state index in [0.29, 0.717) is 5.41 Å². The van der Waals surface area contributed by atoms with Crippen LogP contribution in [0.25, 0.3) is 0 Å². The molecule has 1 fully saturated rings. The summed E-state index contributed by atoms with van der Waals surface area (Å²) in [4.78, 5) is 0. The second-order valence-corrected chi connectivity index (χ2v) is 3.19. The van der Waals surface area contributed by atoms with Crippen LogP contribution in [0.3, 0.4) is 0 Å². The van der Waals surface area contributed by atoms with Crippen molar-refractivity contribution in [3.05, 3.63) is 0 Å². The van der Waals surface area contributed by atoms with Gasteiger partial charge in [0, 0.05) is 5.41 Å². The van der Waals surface area contributed by atoms with Crippen molar-refractivity contribution in [1.82, 2.24) is 0 Å². The van der Waals surface area contributed by atoms with Crippen LogP contribution in [0.5, 0.6) is 0 Å². The third kappa shape index (κ3) is 1.10. The predicted molar refractivity (Wildman–Crippen MR) is 40.0 cm³/mol. The zero-order valence-electron chi connectivity index (χ0n) is 6.49. The van der Waals surface area contributed by atoms with Gasteiger partial charge < -0.3 is 0 Å². The Kier molecular flexibility index (Phi) is 1.53. The average Bonchev–Trinajstić information content (AvgIpc) is 2.49. The molecule has 9 heavy (non-hydrogen) atoms. The van der Waals surface area contributed by atoms with Gasteiger partial charge in [-0.15, -0.1) is 5.92 Å². The van der Waals surface area contributed by atoms with Gasteiger partial charge in [-0.2, -0.15) is 0 Å². The van der Waals surface area contributed by atoms with Crippen molar-refractivity contribution in [3.63, 3.8) is 0 Å². The summed E-state index contributed by atoms with van der Waals surface area (Å²) in [5.74, 6) is 7.04. The van der Waals surface area contributed by atoms with Gasteiger partial charge in [-0.3, -0.25) is 0 Å². The van der Waals surface area contributed by atoms with Crippen LogP contribution in [0.2, 0.25) is 0 Å². The summed E-state index contributed by atoms with van der Waals surface area (Å²) in [5.41, 5.74) is 0.439. The van der Waals surface area contributed by atoms with Crippen molar-refractivity contribution in [3.8, 4) is 11.8 Å². The highest BCUT2D eigenvalue weighted by Crippen LogP contribution is 2.51. The molecule has 0 bridgehead atoms. The highest BCUT2D eigenvalue weighted by molar-refractivity contribution is 5.19. The largest absolute Gasteiger partial charge is 0.106 e. The molecule has 1 aliphatic rings. The molecule has 0 unspecified atom stereocenters. The van der Waals surface area contributed by atoms with E-state index in [1.165, 1.54) is 12.8 Å². The summed E-state index contributed by atoms with van der Waals surface area (Å²) >= 11 is 0. The van der Waals surface area contributed by atoms with Crippen LogP contribution in [-0.2, 0) is 0 Å². The molecule has 1 saturated carbocycles. The molecule has 0 N–H and O–H groups in total. The molecule has 0 amide bonds. The van der Waals surface area contributed by atoms with Crippen molar-refractivity contribution in [2.45, 2.75) is 33.6 Å². The first kappa shape index (κ1) is 6.68. The summed E-state index contributed by atoms with van der Waals surface area (Å²) < 4.78 is 0. The maximum absolute atomic E-state index is 3.28. The van der Waals surface area contributed by atoms with E-state index in [9.17, 15) is 0 Å². The first-order valence-corrected chi connectivity index (χ1v) is 3.65. The minimum absolute atomic E-state index is 0.439. The normalized spacial score (nSPS) is 20.9. The molecule has 0 atom stereocenters. The molecule has 0 aromatic rings. The second-order valence-electron chi connectivity index (χ2n) is 3.19. The van der Waals surface area contributed by atoms with E-state index >= 15 is 0 Å². The lowest BCUT2D eigenvalue weighted by Crippen LogP contribution is -2.05. The molecule has 0 heterocycles. The first-order chi connectivity index (χ1) is 4.21. The highest BCUT2D eigenvalue weighted by atomic mass is 14.5. The molecule has 0 spiro atoms. The molecule has 1 aliphatic carbocycles. The summed E-state index contributed by atoms with van der Waals surface area (Å²) in [7, 11) is 0. The fraction of sp³-hybridized carbons (Fsp3) is 0.778. The van der Waals surface area contributed by atoms with E-state index in [2.05, 4.69) is 25.7 Å². The van der Waals surface area contributed by atoms with Crippen LogP contribution < -0.4 is 0 Å². The zero-order chi connectivity index (χ0) is 6.91. The van der Waals surface area contributed by atoms with Gasteiger partial charge in [0.25, 0.3) is 0 Å². The van der Waals surface area contributed by atoms with E-state index in [4.69, 9.17) is 0 Å². The van der Waals surface area contributed by atoms with E-state index < -0.39 is 0 Å². The van der Waals surface area contributed by atoms with Gasteiger partial charge in [-0.1, -0.05) is 19.8 Å². The Balaban J connectivity index is 2.60. The Morgan fingerprint density at radius 3 is 2.00 bits per heavy atom. The van der Waals surface area contributed by atoms with Crippen LogP contribution in [0.15, 0.2) is 0 Å². The molecule has 0 heteroatoms. The second kappa shape index (κ2) is 2.06. The van der Waals surface area contributed by atoms with Crippen molar-refractivity contribution in [1.29, 1.82) is 0 Å². The average molecular weight is 122 g/mol. The van der Waals surface area contributed by atoms with Gasteiger partial charge in [0.05, 0.1) is 0 Å². The molecule has 1 rings (SSSR count). The summed E-state index contributed by atoms with van der Waals surface area (Å²) in [5, 5.41) is 0. The van der Waals surface area contributed by atoms with Gasteiger partial charge in [0.15, 0.2) is 0 Å². The number of rotatable bonds is 1. The van der Waals surface area contributed by atoms with E-state index in [0.717, 1.165) is 5.92 Å². The Morgan fingerprint density at radius 1 is 1.33 bits per heavy atom. The van der Waals surface area contributed by atoms with E-state index in [1.54, 1.807) is 0 Å². The fourth-order valence-electron chi connectivity index (χ4n) is 1.23. The Bertz CT molecular complexity index is 151. The topological polar surface area (TPSA) is 0 Å². The monoisotopic (exact) mass is 122 g/mol. The SMILES string of the molecule is CC#CC1(C(C)C)CC1. The summed E-state index contributed by atoms with van der Waals surface area (Å²) in [6.45, 7) is 6.46. The van der Waals surface area contributed by atoms with Crippen LogP contribution in [0.4, 0.5) is 0 Å². The molecule has 0 saturated heterocycles. The lowest BCUT2D eigenvalue weighted by molar-refractivity contribution is 0.464. The van der Waals surface area contributed by atoms with Crippen molar-refractivity contribution in [2.75, 3.05) is 0 Å². The third-order valence-corrected chi connectivity index (χ3v) is 2.27. The van der Waals surface area contributed by atoms with Crippen molar-refractivity contribution >= 4 is 0 Å². The van der Waals surface area contributed by atoms with E-state index in [1.807, 2.05) is 6.92 Å². The van der Waals surface area contributed by atoms with Crippen LogP contribution in [0, 0.1) is 23.2 Å². The summed E-state index contributed by atoms with van der Waals surface area (Å²) in [6.07, 6.45) is 2.65. The zero-order valence-corrected chi connectivity index (χ0v) is 6.49. The lowest BCUT2D eigenvalue weighted by Gasteiger charge is -2.10. The number of hydrogen-bond donors (Lipinski definition) is 0. The maximum Gasteiger partial charge on any atom is 0.0338 e. The van der Waals surface area contributed by atoms with Crippen LogP contribution >= 0.6 is 0 Å². The Labute approximate surface area is 57.7 Å². The molecule has 50 valence electrons. The number of hydrogen-bond acceptors (Lipinski definition) is 0. The fourth-order valence-corrected chi connectivity index (χ4v) is 1.23. The lowest BCUT2D eigenvalue weighted by atomic mass is 9.93. The maximum atomic E-state index is 3.28. The van der Waals surface area contributed by atoms with Gasteiger partial charge in [-0.25, -0.2) is 0 Å². The molecular weight excluding hydrogens is 108 g/mol. The molecule has 0 radical (unpaired) electrons. The molecule has 0 aromatic heterocycles. The minimum Gasteiger partial charge on any atom is -0.106 e. The van der Waals surface area contributed by atoms with Gasteiger partial charge >= 0.3 is 0 Å². The molecule has 0 nitrogen and oxygen atoms in total. The molecule has 0 aliphatic heterocycles. The summed E-state index contributed by atoms with van der Waals surface area (Å²) in [6, 6.07) is 0. The first-order valence-electron chi connectivity index (χ1n) is 3.65. The minimum atomic E-state index is 0.439. The highest BCUT2D eigenvalue weighted by Gasteiger charge is 2.43. The Hall–Kier alpha value is -0.440. The quantitative estimate of drug-likeness (QED) is 0.469. The van der Waals surface area contributed by atoms with Gasteiger partial charge in [0.2, 0.25) is 0 Å². The molecule has 0 aromatic carbocycles. The van der Waals surface area contributed by atoms with Crippen LogP contribution in [0.1, 0.15) is 33.6 Å². The molecular formula is C9H14. The smallest absolute Gasteiger partial charge is 0.0338 e. The predicted octanol–water partition coefficient (Wildman–Crippen LogP) is 2.45. The van der Waals surface area contributed by atoms with E-state index in [-0.39, 0.29) is 0 Å². The Morgan fingerprint density at radius 2 is 1.89 bits per heavy atom. The van der Waals surface area contributed by atoms with Gasteiger partial charge in [0.1, 0.15) is 0 Å². The van der Waals surface area contributed by atoms with Crippen molar-refractivity contribution < 1.29 is 0 Å². The third-order valence-electron chi connectivity index (χ3n) is 2.27. The standard InChI is InChI=1S/C9H14/c1-4-5-9(6-7-9)8(2)3/h8H,6-7H2,1-3H3. The van der Waals surface area contributed by atoms with Crippen LogP contribution in [-0.4, -0.2) is 0 Å².